The van der Waals surface area contributed by atoms with Crippen molar-refractivity contribution in [3.8, 4) is 0 Å². The van der Waals surface area contributed by atoms with Crippen LogP contribution in [0.25, 0.3) is 0 Å². The highest BCUT2D eigenvalue weighted by atomic mass is 32.2. The van der Waals surface area contributed by atoms with E-state index in [2.05, 4.69) is 46.2 Å². The monoisotopic (exact) mass is 370 g/mol. The number of nitrogens with one attached hydrogen (secondary N) is 1. The predicted octanol–water partition coefficient (Wildman–Crippen LogP) is 3.43. The van der Waals surface area contributed by atoms with Crippen molar-refractivity contribution in [2.75, 3.05) is 23.7 Å². The molecule has 2 aromatic rings. The number of hydrogen-bond acceptors (Lipinski definition) is 5. The molecule has 1 aliphatic rings. The van der Waals surface area contributed by atoms with Crippen LogP contribution in [0.3, 0.4) is 0 Å². The van der Waals surface area contributed by atoms with E-state index in [-0.39, 0.29) is 5.91 Å². The van der Waals surface area contributed by atoms with E-state index in [1.54, 1.807) is 6.33 Å². The average Bonchev–Trinajstić information content (AvgIpc) is 2.66. The molecule has 1 fully saturated rings. The first-order valence-corrected chi connectivity index (χ1v) is 10.1. The molecule has 5 nitrogen and oxygen atoms in total. The molecular formula is C20H26N4OS. The summed E-state index contributed by atoms with van der Waals surface area (Å²) in [6, 6.07) is 10.2. The number of nitrogens with zero attached hydrogens (tertiary/aromatic N) is 3. The minimum absolute atomic E-state index is 0.0160. The Morgan fingerprint density at radius 2 is 2.12 bits per heavy atom. The molecule has 0 bridgehead atoms. The number of thioether (sulfide) groups is 1. The SMILES string of the molecule is Cc1ccc(CNC(=O)CSc2cc(N3CCC[C@@H](C)C3)ncn2)cc1. The van der Waals surface area contributed by atoms with Crippen molar-refractivity contribution in [3.05, 3.63) is 47.8 Å². The molecule has 6 heteroatoms. The van der Waals surface area contributed by atoms with Gasteiger partial charge in [0.2, 0.25) is 5.91 Å². The zero-order chi connectivity index (χ0) is 18.4. The van der Waals surface area contributed by atoms with Crippen LogP contribution in [-0.2, 0) is 11.3 Å². The number of aryl methyl sites for hydroxylation is 1. The quantitative estimate of drug-likeness (QED) is 0.624. The Labute approximate surface area is 159 Å². The number of carbonyl (C=O) groups excluding carboxylic acids is 1. The summed E-state index contributed by atoms with van der Waals surface area (Å²) in [7, 11) is 0. The summed E-state index contributed by atoms with van der Waals surface area (Å²) in [4.78, 5) is 23.1. The maximum absolute atomic E-state index is 12.1. The smallest absolute Gasteiger partial charge is 0.230 e. The first kappa shape index (κ1) is 18.7. The van der Waals surface area contributed by atoms with Crippen molar-refractivity contribution in [3.63, 3.8) is 0 Å². The molecule has 1 atom stereocenters. The highest BCUT2D eigenvalue weighted by Gasteiger charge is 2.18. The average molecular weight is 371 g/mol. The van der Waals surface area contributed by atoms with E-state index in [9.17, 15) is 4.79 Å². The Morgan fingerprint density at radius 3 is 2.88 bits per heavy atom. The van der Waals surface area contributed by atoms with Crippen LogP contribution in [0, 0.1) is 12.8 Å². The molecule has 0 spiro atoms. The number of carbonyl (C=O) groups is 1. The summed E-state index contributed by atoms with van der Waals surface area (Å²) in [6.45, 7) is 6.97. The lowest BCUT2D eigenvalue weighted by Gasteiger charge is -2.31. The Hall–Kier alpha value is -2.08. The van der Waals surface area contributed by atoms with E-state index in [1.807, 2.05) is 18.2 Å². The predicted molar refractivity (Wildman–Crippen MR) is 106 cm³/mol. The Kier molecular flexibility index (Phi) is 6.50. The fourth-order valence-electron chi connectivity index (χ4n) is 3.08. The first-order valence-electron chi connectivity index (χ1n) is 9.12. The molecule has 26 heavy (non-hydrogen) atoms. The van der Waals surface area contributed by atoms with Gasteiger partial charge in [0.15, 0.2) is 0 Å². The number of piperidine rings is 1. The minimum atomic E-state index is 0.0160. The Bertz CT molecular complexity index is 735. The van der Waals surface area contributed by atoms with E-state index >= 15 is 0 Å². The summed E-state index contributed by atoms with van der Waals surface area (Å²) < 4.78 is 0. The fraction of sp³-hybridized carbons (Fsp3) is 0.450. The molecule has 2 heterocycles. The minimum Gasteiger partial charge on any atom is -0.356 e. The molecule has 0 radical (unpaired) electrons. The summed E-state index contributed by atoms with van der Waals surface area (Å²) in [6.07, 6.45) is 4.08. The molecule has 0 unspecified atom stereocenters. The zero-order valence-electron chi connectivity index (χ0n) is 15.4. The van der Waals surface area contributed by atoms with Crippen molar-refractivity contribution in [1.82, 2.24) is 15.3 Å². The fourth-order valence-corrected chi connectivity index (χ4v) is 3.77. The van der Waals surface area contributed by atoms with Gasteiger partial charge < -0.3 is 10.2 Å². The van der Waals surface area contributed by atoms with Gasteiger partial charge in [-0.05, 0) is 31.2 Å². The Morgan fingerprint density at radius 1 is 1.31 bits per heavy atom. The maximum Gasteiger partial charge on any atom is 0.230 e. The summed E-state index contributed by atoms with van der Waals surface area (Å²) in [5.74, 6) is 2.04. The molecule has 0 saturated carbocycles. The number of anilines is 1. The molecule has 138 valence electrons. The second-order valence-corrected chi connectivity index (χ2v) is 7.95. The third-order valence-electron chi connectivity index (χ3n) is 4.57. The van der Waals surface area contributed by atoms with Crippen molar-refractivity contribution in [2.45, 2.75) is 38.3 Å². The normalized spacial score (nSPS) is 17.2. The van der Waals surface area contributed by atoms with Crippen molar-refractivity contribution in [2.24, 2.45) is 5.92 Å². The number of rotatable bonds is 6. The number of amides is 1. The molecule has 1 amide bonds. The molecular weight excluding hydrogens is 344 g/mol. The molecule has 0 aliphatic carbocycles. The van der Waals surface area contributed by atoms with Gasteiger partial charge in [0, 0.05) is 25.7 Å². The van der Waals surface area contributed by atoms with E-state index < -0.39 is 0 Å². The van der Waals surface area contributed by atoms with E-state index in [1.165, 1.54) is 30.2 Å². The standard InChI is InChI=1S/C20H26N4OS/c1-15-5-7-17(8-6-15)11-21-19(25)13-26-20-10-18(22-14-23-20)24-9-3-4-16(2)12-24/h5-8,10,14,16H,3-4,9,11-13H2,1-2H3,(H,21,25)/t16-/m1/s1. The topological polar surface area (TPSA) is 58.1 Å². The zero-order valence-corrected chi connectivity index (χ0v) is 16.3. The molecule has 1 aliphatic heterocycles. The van der Waals surface area contributed by atoms with Gasteiger partial charge in [-0.3, -0.25) is 4.79 Å². The van der Waals surface area contributed by atoms with Crippen molar-refractivity contribution < 1.29 is 4.79 Å². The van der Waals surface area contributed by atoms with Crippen molar-refractivity contribution in [1.29, 1.82) is 0 Å². The van der Waals surface area contributed by atoms with Crippen LogP contribution in [0.4, 0.5) is 5.82 Å². The lowest BCUT2D eigenvalue weighted by Crippen LogP contribution is -2.34. The van der Waals surface area contributed by atoms with Crippen LogP contribution < -0.4 is 10.2 Å². The van der Waals surface area contributed by atoms with Crippen LogP contribution in [0.2, 0.25) is 0 Å². The molecule has 1 aromatic heterocycles. The van der Waals surface area contributed by atoms with Gasteiger partial charge in [0.25, 0.3) is 0 Å². The Balaban J connectivity index is 1.48. The van der Waals surface area contributed by atoms with Crippen LogP contribution in [-0.4, -0.2) is 34.7 Å². The summed E-state index contributed by atoms with van der Waals surface area (Å²) in [5, 5.41) is 3.80. The van der Waals surface area contributed by atoms with Crippen LogP contribution in [0.1, 0.15) is 30.9 Å². The molecule has 3 rings (SSSR count). The van der Waals surface area contributed by atoms with E-state index in [0.29, 0.717) is 18.2 Å². The highest BCUT2D eigenvalue weighted by Crippen LogP contribution is 2.24. The molecule has 1 aromatic carbocycles. The maximum atomic E-state index is 12.1. The molecule has 1 saturated heterocycles. The number of hydrogen-bond donors (Lipinski definition) is 1. The van der Waals surface area contributed by atoms with Gasteiger partial charge in [-0.25, -0.2) is 9.97 Å². The number of aromatic nitrogens is 2. The van der Waals surface area contributed by atoms with Gasteiger partial charge in [-0.2, -0.15) is 0 Å². The summed E-state index contributed by atoms with van der Waals surface area (Å²) in [5.41, 5.74) is 2.33. The van der Waals surface area contributed by atoms with Gasteiger partial charge in [0.05, 0.1) is 5.75 Å². The van der Waals surface area contributed by atoms with Crippen LogP contribution >= 0.6 is 11.8 Å². The van der Waals surface area contributed by atoms with Gasteiger partial charge in [-0.1, -0.05) is 48.5 Å². The highest BCUT2D eigenvalue weighted by molar-refractivity contribution is 7.99. The lowest BCUT2D eigenvalue weighted by molar-refractivity contribution is -0.118. The third kappa shape index (κ3) is 5.46. The number of benzene rings is 1. The largest absolute Gasteiger partial charge is 0.356 e. The van der Waals surface area contributed by atoms with Gasteiger partial charge in [-0.15, -0.1) is 0 Å². The van der Waals surface area contributed by atoms with Crippen LogP contribution in [0.5, 0.6) is 0 Å². The first-order chi connectivity index (χ1) is 12.6. The van der Waals surface area contributed by atoms with Crippen molar-refractivity contribution >= 4 is 23.5 Å². The van der Waals surface area contributed by atoms with E-state index in [4.69, 9.17) is 0 Å². The van der Waals surface area contributed by atoms with Gasteiger partial charge >= 0.3 is 0 Å². The van der Waals surface area contributed by atoms with E-state index in [0.717, 1.165) is 29.5 Å². The second-order valence-electron chi connectivity index (χ2n) is 6.96. The van der Waals surface area contributed by atoms with Gasteiger partial charge in [0.1, 0.15) is 17.2 Å². The lowest BCUT2D eigenvalue weighted by atomic mass is 10.0. The third-order valence-corrected chi connectivity index (χ3v) is 5.50. The second kappa shape index (κ2) is 9.03. The van der Waals surface area contributed by atoms with Crippen LogP contribution in [0.15, 0.2) is 41.7 Å². The summed E-state index contributed by atoms with van der Waals surface area (Å²) >= 11 is 1.46. The molecule has 1 N–H and O–H groups in total.